The van der Waals surface area contributed by atoms with Crippen molar-refractivity contribution in [3.63, 3.8) is 0 Å². The Morgan fingerprint density at radius 3 is 2.43 bits per heavy atom. The molecule has 1 aliphatic rings. The molecule has 1 heterocycles. The van der Waals surface area contributed by atoms with Gasteiger partial charge in [0.25, 0.3) is 0 Å². The number of hydrogen-bond acceptors (Lipinski definition) is 4. The molecular weight excluding hydrogens is 474 g/mol. The molecule has 2 unspecified atom stereocenters. The largest absolute Gasteiger partial charge is 0.493 e. The monoisotopic (exact) mass is 505 g/mol. The number of fused-ring (bicyclic) bond motifs is 1. The third-order valence-electron chi connectivity index (χ3n) is 6.38. The Hall–Kier alpha value is -2.50. The second-order valence-corrected chi connectivity index (χ2v) is 9.88. The molecule has 0 bridgehead atoms. The van der Waals surface area contributed by atoms with Crippen LogP contribution in [0, 0.1) is 0 Å². The summed E-state index contributed by atoms with van der Waals surface area (Å²) in [6, 6.07) is 34.2. The Balaban J connectivity index is 0.00000289. The first-order chi connectivity index (χ1) is 16.8. The van der Waals surface area contributed by atoms with Gasteiger partial charge in [0.15, 0.2) is 0 Å². The highest BCUT2D eigenvalue weighted by Gasteiger charge is 2.27. The topological polar surface area (TPSA) is 30.5 Å². The molecule has 0 saturated carbocycles. The van der Waals surface area contributed by atoms with Crippen LogP contribution in [0.2, 0.25) is 0 Å². The van der Waals surface area contributed by atoms with Crippen LogP contribution in [0.15, 0.2) is 102 Å². The fourth-order valence-electron chi connectivity index (χ4n) is 4.57. The summed E-state index contributed by atoms with van der Waals surface area (Å²) in [6.07, 6.45) is 1.24. The molecule has 0 radical (unpaired) electrons. The minimum absolute atomic E-state index is 0. The molecule has 1 fully saturated rings. The van der Waals surface area contributed by atoms with Crippen molar-refractivity contribution in [3.05, 3.63) is 108 Å². The summed E-state index contributed by atoms with van der Waals surface area (Å²) < 4.78 is 12.4. The molecule has 1 aliphatic heterocycles. The lowest BCUT2D eigenvalue weighted by Crippen LogP contribution is -2.40. The molecule has 182 valence electrons. The van der Waals surface area contributed by atoms with Crippen molar-refractivity contribution in [1.82, 2.24) is 5.32 Å². The summed E-state index contributed by atoms with van der Waals surface area (Å²) in [7, 11) is 0. The second kappa shape index (κ2) is 13.0. The lowest BCUT2D eigenvalue weighted by Gasteiger charge is -2.32. The van der Waals surface area contributed by atoms with Gasteiger partial charge in [0.2, 0.25) is 0 Å². The molecule has 1 N–H and O–H groups in total. The molecule has 0 aliphatic carbocycles. The Morgan fingerprint density at radius 2 is 1.60 bits per heavy atom. The molecule has 0 aromatic heterocycles. The van der Waals surface area contributed by atoms with Gasteiger partial charge in [-0.15, -0.1) is 24.2 Å². The van der Waals surface area contributed by atoms with Gasteiger partial charge in [0.1, 0.15) is 5.75 Å². The van der Waals surface area contributed by atoms with Gasteiger partial charge in [-0.3, -0.25) is 0 Å². The van der Waals surface area contributed by atoms with Gasteiger partial charge in [-0.05, 0) is 65.2 Å². The number of nitrogens with one attached hydrogen (secondary N) is 1. The standard InChI is InChI=1S/C30H31NO2S.ClH/c1-2-8-28(9-3-1)34-19-18-32-27-14-12-25(13-15-27)29-16-17-31-21-30(29)33-22-23-10-11-24-6-4-5-7-26(24)20-23;/h1-15,20,29-31H,16-19,21-22H2;1H. The number of thioether (sulfide) groups is 1. The van der Waals surface area contributed by atoms with Gasteiger partial charge in [0.05, 0.1) is 19.3 Å². The van der Waals surface area contributed by atoms with Crippen LogP contribution in [0.5, 0.6) is 5.75 Å². The highest BCUT2D eigenvalue weighted by Crippen LogP contribution is 2.30. The third-order valence-corrected chi connectivity index (χ3v) is 7.35. The van der Waals surface area contributed by atoms with Gasteiger partial charge in [-0.1, -0.05) is 66.7 Å². The van der Waals surface area contributed by atoms with E-state index in [1.54, 1.807) is 0 Å². The van der Waals surface area contributed by atoms with Crippen LogP contribution >= 0.6 is 24.2 Å². The molecular formula is C30H32ClNO2S. The van der Waals surface area contributed by atoms with Gasteiger partial charge < -0.3 is 14.8 Å². The summed E-state index contributed by atoms with van der Waals surface area (Å²) in [5.74, 6) is 2.26. The molecule has 1 saturated heterocycles. The Labute approximate surface area is 218 Å². The van der Waals surface area contributed by atoms with Crippen molar-refractivity contribution in [3.8, 4) is 5.75 Å². The van der Waals surface area contributed by atoms with Crippen molar-refractivity contribution in [1.29, 1.82) is 0 Å². The first-order valence-corrected chi connectivity index (χ1v) is 13.0. The average Bonchev–Trinajstić information content (AvgIpc) is 2.91. The van der Waals surface area contributed by atoms with Gasteiger partial charge >= 0.3 is 0 Å². The summed E-state index contributed by atoms with van der Waals surface area (Å²) in [4.78, 5) is 1.28. The average molecular weight is 506 g/mol. The fraction of sp³-hybridized carbons (Fsp3) is 0.267. The number of hydrogen-bond donors (Lipinski definition) is 1. The number of halogens is 1. The molecule has 3 nitrogen and oxygen atoms in total. The molecule has 4 aromatic rings. The number of piperidine rings is 1. The van der Waals surface area contributed by atoms with Crippen LogP contribution in [-0.2, 0) is 11.3 Å². The maximum absolute atomic E-state index is 6.44. The molecule has 2 atom stereocenters. The molecule has 0 spiro atoms. The second-order valence-electron chi connectivity index (χ2n) is 8.71. The van der Waals surface area contributed by atoms with E-state index < -0.39 is 0 Å². The SMILES string of the molecule is Cl.c1ccc(SCCOc2ccc(C3CCNCC3OCc3ccc4ccccc4c3)cc2)cc1. The summed E-state index contributed by atoms with van der Waals surface area (Å²) >= 11 is 1.82. The van der Waals surface area contributed by atoms with Crippen molar-refractivity contribution in [2.24, 2.45) is 0 Å². The Kier molecular flexibility index (Phi) is 9.50. The van der Waals surface area contributed by atoms with Crippen LogP contribution in [0.4, 0.5) is 0 Å². The van der Waals surface area contributed by atoms with Crippen LogP contribution in [0.1, 0.15) is 23.5 Å². The quantitative estimate of drug-likeness (QED) is 0.194. The third kappa shape index (κ3) is 7.02. The molecule has 5 rings (SSSR count). The van der Waals surface area contributed by atoms with Crippen molar-refractivity contribution in [2.45, 2.75) is 29.9 Å². The smallest absolute Gasteiger partial charge is 0.119 e. The van der Waals surface area contributed by atoms with E-state index in [9.17, 15) is 0 Å². The lowest BCUT2D eigenvalue weighted by molar-refractivity contribution is 0.0106. The first kappa shape index (κ1) is 25.6. The molecule has 5 heteroatoms. The van der Waals surface area contributed by atoms with E-state index in [-0.39, 0.29) is 18.5 Å². The maximum Gasteiger partial charge on any atom is 0.119 e. The van der Waals surface area contributed by atoms with Gasteiger partial charge in [-0.2, -0.15) is 0 Å². The lowest BCUT2D eigenvalue weighted by atomic mass is 9.87. The predicted octanol–water partition coefficient (Wildman–Crippen LogP) is 7.10. The zero-order valence-corrected chi connectivity index (χ0v) is 21.4. The first-order valence-electron chi connectivity index (χ1n) is 12.1. The Bertz CT molecular complexity index is 1190. The van der Waals surface area contributed by atoms with Crippen molar-refractivity contribution in [2.75, 3.05) is 25.4 Å². The van der Waals surface area contributed by atoms with Crippen LogP contribution < -0.4 is 10.1 Å². The normalized spacial score (nSPS) is 17.6. The minimum atomic E-state index is 0. The van der Waals surface area contributed by atoms with Crippen molar-refractivity contribution < 1.29 is 9.47 Å². The predicted molar refractivity (Wildman–Crippen MR) is 149 cm³/mol. The summed E-state index contributed by atoms with van der Waals surface area (Å²) in [5, 5.41) is 6.04. The maximum atomic E-state index is 6.44. The zero-order chi connectivity index (χ0) is 23.0. The van der Waals surface area contributed by atoms with E-state index in [2.05, 4.69) is 96.3 Å². The van der Waals surface area contributed by atoms with E-state index in [4.69, 9.17) is 9.47 Å². The van der Waals surface area contributed by atoms with Crippen LogP contribution in [0.3, 0.4) is 0 Å². The van der Waals surface area contributed by atoms with Gasteiger partial charge in [-0.25, -0.2) is 0 Å². The molecule has 0 amide bonds. The molecule has 35 heavy (non-hydrogen) atoms. The highest BCUT2D eigenvalue weighted by molar-refractivity contribution is 7.99. The number of benzene rings is 4. The summed E-state index contributed by atoms with van der Waals surface area (Å²) in [5.41, 5.74) is 2.55. The van der Waals surface area contributed by atoms with E-state index in [0.717, 1.165) is 31.0 Å². The minimum Gasteiger partial charge on any atom is -0.493 e. The molecule has 4 aromatic carbocycles. The van der Waals surface area contributed by atoms with E-state index >= 15 is 0 Å². The zero-order valence-electron chi connectivity index (χ0n) is 19.8. The van der Waals surface area contributed by atoms with Crippen LogP contribution in [-0.4, -0.2) is 31.6 Å². The Morgan fingerprint density at radius 1 is 0.829 bits per heavy atom. The highest BCUT2D eigenvalue weighted by atomic mass is 35.5. The van der Waals surface area contributed by atoms with Crippen molar-refractivity contribution >= 4 is 34.9 Å². The van der Waals surface area contributed by atoms with Gasteiger partial charge in [0, 0.05) is 23.1 Å². The van der Waals surface area contributed by atoms with E-state index in [1.165, 1.54) is 26.8 Å². The van der Waals surface area contributed by atoms with Crippen LogP contribution in [0.25, 0.3) is 10.8 Å². The number of rotatable bonds is 9. The van der Waals surface area contributed by atoms with E-state index in [1.807, 2.05) is 17.8 Å². The van der Waals surface area contributed by atoms with E-state index in [0.29, 0.717) is 19.1 Å². The fourth-order valence-corrected chi connectivity index (χ4v) is 5.32. The summed E-state index contributed by atoms with van der Waals surface area (Å²) in [6.45, 7) is 3.24. The number of ether oxygens (including phenoxy) is 2.